The van der Waals surface area contributed by atoms with Crippen LogP contribution in [-0.4, -0.2) is 16.9 Å². The molecule has 0 unspecified atom stereocenters. The van der Waals surface area contributed by atoms with Crippen LogP contribution in [0, 0.1) is 13.8 Å². The summed E-state index contributed by atoms with van der Waals surface area (Å²) >= 11 is 6.49. The lowest BCUT2D eigenvalue weighted by Crippen LogP contribution is -2.48. The van der Waals surface area contributed by atoms with Crippen molar-refractivity contribution in [2.45, 2.75) is 13.8 Å². The highest BCUT2D eigenvalue weighted by atomic mass is 32.1. The lowest BCUT2D eigenvalue weighted by atomic mass is 10.2. The molecule has 2 aromatic rings. The maximum absolute atomic E-state index is 12.0. The van der Waals surface area contributed by atoms with Gasteiger partial charge in [0.25, 0.3) is 11.8 Å². The van der Waals surface area contributed by atoms with E-state index in [2.05, 4.69) is 16.2 Å². The Kier molecular flexibility index (Phi) is 5.24. The highest BCUT2D eigenvalue weighted by Crippen LogP contribution is 2.19. The number of hydrazine groups is 1. The minimum atomic E-state index is -0.338. The maximum atomic E-state index is 12.0. The molecular weight excluding hydrogens is 318 g/mol. The van der Waals surface area contributed by atoms with Gasteiger partial charge in [0, 0.05) is 15.8 Å². The van der Waals surface area contributed by atoms with Crippen LogP contribution < -0.4 is 16.2 Å². The Bertz CT molecular complexity index is 711. The largest absolute Gasteiger partial charge is 0.298 e. The molecule has 0 aliphatic rings. The Balaban J connectivity index is 1.87. The molecule has 5 nitrogen and oxygen atoms in total. The summed E-state index contributed by atoms with van der Waals surface area (Å²) in [5.41, 5.74) is 7.01. The quantitative estimate of drug-likeness (QED) is 0.583. The lowest BCUT2D eigenvalue weighted by Gasteiger charge is -2.10. The van der Waals surface area contributed by atoms with E-state index in [1.807, 2.05) is 19.9 Å². The Labute approximate surface area is 137 Å². The van der Waals surface area contributed by atoms with E-state index >= 15 is 0 Å². The molecule has 22 heavy (non-hydrogen) atoms. The van der Waals surface area contributed by atoms with Gasteiger partial charge in [-0.1, -0.05) is 18.2 Å². The van der Waals surface area contributed by atoms with Crippen LogP contribution in [0.3, 0.4) is 0 Å². The van der Waals surface area contributed by atoms with Gasteiger partial charge in [-0.3, -0.25) is 25.8 Å². The van der Waals surface area contributed by atoms with Crippen molar-refractivity contribution in [2.75, 3.05) is 0 Å². The first-order chi connectivity index (χ1) is 10.5. The average Bonchev–Trinajstić information content (AvgIpc) is 2.85. The summed E-state index contributed by atoms with van der Waals surface area (Å²) in [4.78, 5) is 25.0. The maximum Gasteiger partial charge on any atom is 0.270 e. The zero-order chi connectivity index (χ0) is 16.1. The number of carbonyl (C=O) groups excluding carboxylic acids is 2. The SMILES string of the molecule is Cc1scc(C(=O)NNC(=S)NC(=O)c2ccccc2)c1C. The molecule has 0 saturated heterocycles. The fourth-order valence-electron chi connectivity index (χ4n) is 1.71. The highest BCUT2D eigenvalue weighted by molar-refractivity contribution is 7.80. The van der Waals surface area contributed by atoms with E-state index in [0.29, 0.717) is 11.1 Å². The van der Waals surface area contributed by atoms with Crippen molar-refractivity contribution in [1.82, 2.24) is 16.2 Å². The number of thiocarbonyl (C=S) groups is 1. The molecule has 1 aromatic heterocycles. The van der Waals surface area contributed by atoms with E-state index in [4.69, 9.17) is 12.2 Å². The Morgan fingerprint density at radius 3 is 2.32 bits per heavy atom. The predicted octanol–water partition coefficient (Wildman–Crippen LogP) is 2.31. The second-order valence-electron chi connectivity index (χ2n) is 4.56. The Morgan fingerprint density at radius 1 is 1.05 bits per heavy atom. The van der Waals surface area contributed by atoms with Gasteiger partial charge in [0.15, 0.2) is 5.11 Å². The van der Waals surface area contributed by atoms with Crippen molar-refractivity contribution in [2.24, 2.45) is 0 Å². The molecule has 1 heterocycles. The summed E-state index contributed by atoms with van der Waals surface area (Å²) in [6.07, 6.45) is 0. The van der Waals surface area contributed by atoms with Crippen LogP contribution in [0.5, 0.6) is 0 Å². The average molecular weight is 333 g/mol. The number of rotatable bonds is 2. The number of thiophene rings is 1. The number of benzene rings is 1. The molecule has 0 saturated carbocycles. The summed E-state index contributed by atoms with van der Waals surface area (Å²) in [7, 11) is 0. The number of hydrogen-bond acceptors (Lipinski definition) is 4. The predicted molar refractivity (Wildman–Crippen MR) is 90.9 cm³/mol. The fourth-order valence-corrected chi connectivity index (χ4v) is 2.72. The first-order valence-electron chi connectivity index (χ1n) is 6.50. The van der Waals surface area contributed by atoms with Crippen molar-refractivity contribution in [1.29, 1.82) is 0 Å². The van der Waals surface area contributed by atoms with Crippen molar-refractivity contribution < 1.29 is 9.59 Å². The molecule has 114 valence electrons. The van der Waals surface area contributed by atoms with E-state index in [1.165, 1.54) is 11.3 Å². The standard InChI is InChI=1S/C15H15N3O2S2/c1-9-10(2)22-8-12(9)14(20)17-18-15(21)16-13(19)11-6-4-3-5-7-11/h3-8H,1-2H3,(H,17,20)(H2,16,18,19,21). The first-order valence-corrected chi connectivity index (χ1v) is 7.79. The third-order valence-corrected chi connectivity index (χ3v) is 4.30. The smallest absolute Gasteiger partial charge is 0.270 e. The van der Waals surface area contributed by atoms with E-state index in [1.54, 1.807) is 29.6 Å². The Morgan fingerprint density at radius 2 is 1.73 bits per heavy atom. The molecule has 0 aliphatic heterocycles. The van der Waals surface area contributed by atoms with Gasteiger partial charge in [0.05, 0.1) is 5.56 Å². The van der Waals surface area contributed by atoms with Crippen molar-refractivity contribution in [3.63, 3.8) is 0 Å². The molecule has 0 fully saturated rings. The lowest BCUT2D eigenvalue weighted by molar-refractivity contribution is 0.0934. The highest BCUT2D eigenvalue weighted by Gasteiger charge is 2.13. The monoisotopic (exact) mass is 333 g/mol. The molecular formula is C15H15N3O2S2. The van der Waals surface area contributed by atoms with E-state index in [0.717, 1.165) is 10.4 Å². The van der Waals surface area contributed by atoms with E-state index in [9.17, 15) is 9.59 Å². The molecule has 1 aromatic carbocycles. The van der Waals surface area contributed by atoms with Crippen LogP contribution in [0.4, 0.5) is 0 Å². The zero-order valence-corrected chi connectivity index (χ0v) is 13.7. The van der Waals surface area contributed by atoms with Gasteiger partial charge < -0.3 is 0 Å². The van der Waals surface area contributed by atoms with Crippen LogP contribution >= 0.6 is 23.6 Å². The summed E-state index contributed by atoms with van der Waals surface area (Å²) in [5.74, 6) is -0.631. The van der Waals surface area contributed by atoms with E-state index in [-0.39, 0.29) is 16.9 Å². The molecule has 0 atom stereocenters. The van der Waals surface area contributed by atoms with Gasteiger partial charge >= 0.3 is 0 Å². The van der Waals surface area contributed by atoms with Crippen molar-refractivity contribution in [3.8, 4) is 0 Å². The molecule has 3 N–H and O–H groups in total. The number of nitrogens with one attached hydrogen (secondary N) is 3. The summed E-state index contributed by atoms with van der Waals surface area (Å²) < 4.78 is 0. The van der Waals surface area contributed by atoms with Gasteiger partial charge in [-0.25, -0.2) is 0 Å². The van der Waals surface area contributed by atoms with Gasteiger partial charge in [-0.05, 0) is 43.8 Å². The van der Waals surface area contributed by atoms with Crippen LogP contribution in [0.2, 0.25) is 0 Å². The third-order valence-electron chi connectivity index (χ3n) is 3.08. The number of carbonyl (C=O) groups is 2. The zero-order valence-electron chi connectivity index (χ0n) is 12.1. The number of aryl methyl sites for hydroxylation is 1. The van der Waals surface area contributed by atoms with Gasteiger partial charge in [0.2, 0.25) is 0 Å². The number of hydrogen-bond donors (Lipinski definition) is 3. The molecule has 7 heteroatoms. The van der Waals surface area contributed by atoms with Crippen LogP contribution in [0.15, 0.2) is 35.7 Å². The minimum Gasteiger partial charge on any atom is -0.298 e. The normalized spacial score (nSPS) is 9.91. The second-order valence-corrected chi connectivity index (χ2v) is 6.05. The molecule has 0 aliphatic carbocycles. The fraction of sp³-hybridized carbons (Fsp3) is 0.133. The summed E-state index contributed by atoms with van der Waals surface area (Å²) in [6, 6.07) is 8.69. The number of amides is 2. The van der Waals surface area contributed by atoms with Gasteiger partial charge in [-0.2, -0.15) is 0 Å². The van der Waals surface area contributed by atoms with Gasteiger partial charge in [0.1, 0.15) is 0 Å². The topological polar surface area (TPSA) is 70.2 Å². The first kappa shape index (κ1) is 16.1. The molecule has 0 bridgehead atoms. The summed E-state index contributed by atoms with van der Waals surface area (Å²) in [5, 5.41) is 4.31. The molecule has 0 spiro atoms. The molecule has 0 radical (unpaired) electrons. The third kappa shape index (κ3) is 3.90. The summed E-state index contributed by atoms with van der Waals surface area (Å²) in [6.45, 7) is 3.84. The van der Waals surface area contributed by atoms with Crippen LogP contribution in [0.25, 0.3) is 0 Å². The van der Waals surface area contributed by atoms with Gasteiger partial charge in [-0.15, -0.1) is 11.3 Å². The minimum absolute atomic E-state index is 0.0341. The molecule has 2 rings (SSSR count). The second kappa shape index (κ2) is 7.15. The van der Waals surface area contributed by atoms with Crippen LogP contribution in [0.1, 0.15) is 31.2 Å². The van der Waals surface area contributed by atoms with Crippen molar-refractivity contribution >= 4 is 40.5 Å². The Hall–Kier alpha value is -2.25. The van der Waals surface area contributed by atoms with Crippen LogP contribution in [-0.2, 0) is 0 Å². The van der Waals surface area contributed by atoms with Crippen molar-refractivity contribution in [3.05, 3.63) is 57.3 Å². The molecule has 2 amide bonds. The van der Waals surface area contributed by atoms with E-state index < -0.39 is 0 Å².